The molecule has 1 saturated heterocycles. The van der Waals surface area contributed by atoms with Gasteiger partial charge in [-0.05, 0) is 24.3 Å². The number of imidazole rings is 1. The number of piperidine rings is 1. The molecule has 0 aliphatic carbocycles. The third-order valence-electron chi connectivity index (χ3n) is 4.47. The summed E-state index contributed by atoms with van der Waals surface area (Å²) in [5, 5.41) is 6.87. The zero-order valence-corrected chi connectivity index (χ0v) is 15.2. The summed E-state index contributed by atoms with van der Waals surface area (Å²) in [7, 11) is 0. The quantitative estimate of drug-likeness (QED) is 0.763. The summed E-state index contributed by atoms with van der Waals surface area (Å²) in [6.45, 7) is 1.71. The van der Waals surface area contributed by atoms with Crippen molar-refractivity contribution >= 4 is 39.4 Å². The van der Waals surface area contributed by atoms with Crippen molar-refractivity contribution < 1.29 is 9.59 Å². The van der Waals surface area contributed by atoms with Crippen molar-refractivity contribution in [2.24, 2.45) is 5.92 Å². The van der Waals surface area contributed by atoms with E-state index in [0.29, 0.717) is 32.5 Å². The summed E-state index contributed by atoms with van der Waals surface area (Å²) in [5.41, 5.74) is 0.866. The summed E-state index contributed by atoms with van der Waals surface area (Å²) >= 11 is 3.04. The molecule has 0 radical (unpaired) electrons. The molecular weight excluding hydrogens is 356 g/mol. The predicted molar refractivity (Wildman–Crippen MR) is 97.9 cm³/mol. The van der Waals surface area contributed by atoms with Gasteiger partial charge in [-0.15, -0.1) is 22.7 Å². The fraction of sp³-hybridized carbons (Fsp3) is 0.353. The number of fused-ring (bicyclic) bond motifs is 1. The van der Waals surface area contributed by atoms with Gasteiger partial charge in [-0.2, -0.15) is 0 Å². The lowest BCUT2D eigenvalue weighted by atomic mass is 9.95. The lowest BCUT2D eigenvalue weighted by molar-refractivity contribution is -0.126. The minimum Gasteiger partial charge on any atom is -0.350 e. The SMILES string of the molecule is O=C(NCc1cn2ccsc2n1)C1CCN(C(=O)c2cccs2)CC1. The number of thiazole rings is 1. The summed E-state index contributed by atoms with van der Waals surface area (Å²) in [6.07, 6.45) is 5.31. The first-order chi connectivity index (χ1) is 12.2. The van der Waals surface area contributed by atoms with Gasteiger partial charge in [-0.3, -0.25) is 14.0 Å². The van der Waals surface area contributed by atoms with Crippen molar-refractivity contribution in [2.75, 3.05) is 13.1 Å². The van der Waals surface area contributed by atoms with Crippen molar-refractivity contribution in [3.05, 3.63) is 45.9 Å². The number of thiophene rings is 1. The van der Waals surface area contributed by atoms with Gasteiger partial charge in [0.05, 0.1) is 17.1 Å². The highest BCUT2D eigenvalue weighted by Crippen LogP contribution is 2.21. The first kappa shape index (κ1) is 16.3. The average Bonchev–Trinajstić information content (AvgIpc) is 3.36. The van der Waals surface area contributed by atoms with Gasteiger partial charge in [0.1, 0.15) is 0 Å². The molecule has 6 nitrogen and oxygen atoms in total. The first-order valence-corrected chi connectivity index (χ1v) is 9.98. The smallest absolute Gasteiger partial charge is 0.263 e. The van der Waals surface area contributed by atoms with Crippen molar-refractivity contribution in [1.29, 1.82) is 0 Å². The zero-order valence-electron chi connectivity index (χ0n) is 13.6. The Morgan fingerprint density at radius 1 is 1.24 bits per heavy atom. The van der Waals surface area contributed by atoms with Gasteiger partial charge in [0.25, 0.3) is 5.91 Å². The van der Waals surface area contributed by atoms with Crippen LogP contribution in [0.3, 0.4) is 0 Å². The third-order valence-corrected chi connectivity index (χ3v) is 6.10. The summed E-state index contributed by atoms with van der Waals surface area (Å²) < 4.78 is 1.96. The molecule has 0 bridgehead atoms. The van der Waals surface area contributed by atoms with E-state index in [0.717, 1.165) is 15.5 Å². The second-order valence-electron chi connectivity index (χ2n) is 6.09. The number of aromatic nitrogens is 2. The van der Waals surface area contributed by atoms with Crippen LogP contribution in [0.5, 0.6) is 0 Å². The van der Waals surface area contributed by atoms with Gasteiger partial charge in [0.2, 0.25) is 5.91 Å². The van der Waals surface area contributed by atoms with Crippen molar-refractivity contribution in [2.45, 2.75) is 19.4 Å². The number of carbonyl (C=O) groups is 2. The molecule has 2 amide bonds. The minimum atomic E-state index is -0.0314. The predicted octanol–water partition coefficient (Wildman–Crippen LogP) is 2.63. The van der Waals surface area contributed by atoms with Gasteiger partial charge in [-0.25, -0.2) is 4.98 Å². The third kappa shape index (κ3) is 3.45. The Morgan fingerprint density at radius 3 is 2.80 bits per heavy atom. The van der Waals surface area contributed by atoms with Crippen LogP contribution in [0.1, 0.15) is 28.2 Å². The molecule has 130 valence electrons. The Hall–Kier alpha value is -2.19. The van der Waals surface area contributed by atoms with E-state index in [1.54, 1.807) is 11.3 Å². The van der Waals surface area contributed by atoms with Crippen LogP contribution in [0.15, 0.2) is 35.3 Å². The van der Waals surface area contributed by atoms with Gasteiger partial charge >= 0.3 is 0 Å². The topological polar surface area (TPSA) is 66.7 Å². The maximum atomic E-state index is 12.4. The number of nitrogens with one attached hydrogen (secondary N) is 1. The molecule has 0 unspecified atom stereocenters. The fourth-order valence-electron chi connectivity index (χ4n) is 3.08. The molecule has 3 aromatic heterocycles. The maximum absolute atomic E-state index is 12.4. The number of hydrogen-bond donors (Lipinski definition) is 1. The number of amides is 2. The highest BCUT2D eigenvalue weighted by molar-refractivity contribution is 7.15. The monoisotopic (exact) mass is 374 g/mol. The van der Waals surface area contributed by atoms with Crippen LogP contribution in [0, 0.1) is 5.92 Å². The average molecular weight is 374 g/mol. The van der Waals surface area contributed by atoms with Crippen molar-refractivity contribution in [1.82, 2.24) is 19.6 Å². The summed E-state index contributed by atoms with van der Waals surface area (Å²) in [4.78, 5) is 32.7. The molecular formula is C17H18N4O2S2. The highest BCUT2D eigenvalue weighted by atomic mass is 32.1. The molecule has 1 N–H and O–H groups in total. The van der Waals surface area contributed by atoms with E-state index in [1.807, 2.05) is 44.6 Å². The molecule has 8 heteroatoms. The lowest BCUT2D eigenvalue weighted by Crippen LogP contribution is -2.42. The molecule has 1 fully saturated rings. The first-order valence-electron chi connectivity index (χ1n) is 8.22. The fourth-order valence-corrected chi connectivity index (χ4v) is 4.49. The number of carbonyl (C=O) groups excluding carboxylic acids is 2. The van der Waals surface area contributed by atoms with Crippen LogP contribution in [-0.2, 0) is 11.3 Å². The molecule has 1 aliphatic rings. The molecule has 0 aromatic carbocycles. The van der Waals surface area contributed by atoms with E-state index in [1.165, 1.54) is 11.3 Å². The number of rotatable bonds is 4. The molecule has 3 aromatic rings. The molecule has 0 atom stereocenters. The Balaban J connectivity index is 1.27. The number of hydrogen-bond acceptors (Lipinski definition) is 5. The van der Waals surface area contributed by atoms with Gasteiger partial charge in [0, 0.05) is 36.8 Å². The van der Waals surface area contributed by atoms with E-state index < -0.39 is 0 Å². The van der Waals surface area contributed by atoms with E-state index in [9.17, 15) is 9.59 Å². The maximum Gasteiger partial charge on any atom is 0.263 e. The van der Waals surface area contributed by atoms with Gasteiger partial charge in [0.15, 0.2) is 4.96 Å². The van der Waals surface area contributed by atoms with Crippen molar-refractivity contribution in [3.8, 4) is 0 Å². The Bertz CT molecular complexity index is 847. The van der Waals surface area contributed by atoms with Crippen LogP contribution in [0.25, 0.3) is 4.96 Å². The van der Waals surface area contributed by atoms with Crippen molar-refractivity contribution in [3.63, 3.8) is 0 Å². The van der Waals surface area contributed by atoms with Crippen LogP contribution < -0.4 is 5.32 Å². The largest absolute Gasteiger partial charge is 0.350 e. The summed E-state index contributed by atoms with van der Waals surface area (Å²) in [6, 6.07) is 3.74. The molecule has 4 rings (SSSR count). The van der Waals surface area contributed by atoms with E-state index in [4.69, 9.17) is 0 Å². The standard InChI is InChI=1S/C17H18N4O2S2/c22-15(18-10-13-11-21-7-9-25-17(21)19-13)12-3-5-20(6-4-12)16(23)14-2-1-8-24-14/h1-2,7-9,11-12H,3-6,10H2,(H,18,22). The van der Waals surface area contributed by atoms with Crippen LogP contribution in [0.4, 0.5) is 0 Å². The molecule has 25 heavy (non-hydrogen) atoms. The molecule has 0 saturated carbocycles. The molecule has 1 aliphatic heterocycles. The van der Waals surface area contributed by atoms with Gasteiger partial charge < -0.3 is 10.2 Å². The number of nitrogens with zero attached hydrogens (tertiary/aromatic N) is 3. The lowest BCUT2D eigenvalue weighted by Gasteiger charge is -2.31. The zero-order chi connectivity index (χ0) is 17.2. The van der Waals surface area contributed by atoms with E-state index in [2.05, 4.69) is 10.3 Å². The highest BCUT2D eigenvalue weighted by Gasteiger charge is 2.28. The Labute approximate surface area is 153 Å². The van der Waals surface area contributed by atoms with Crippen LogP contribution in [-0.4, -0.2) is 39.2 Å². The normalized spacial score (nSPS) is 15.6. The van der Waals surface area contributed by atoms with Crippen LogP contribution >= 0.6 is 22.7 Å². The van der Waals surface area contributed by atoms with Gasteiger partial charge in [-0.1, -0.05) is 6.07 Å². The van der Waals surface area contributed by atoms with E-state index in [-0.39, 0.29) is 17.7 Å². The molecule has 4 heterocycles. The second-order valence-corrected chi connectivity index (χ2v) is 7.91. The summed E-state index contributed by atoms with van der Waals surface area (Å²) in [5.74, 6) is 0.0997. The Kier molecular flexibility index (Phi) is 4.54. The second kappa shape index (κ2) is 6.97. The van der Waals surface area contributed by atoms with E-state index >= 15 is 0 Å². The number of likely N-dealkylation sites (tertiary alicyclic amines) is 1. The minimum absolute atomic E-state index is 0.0314. The molecule has 0 spiro atoms. The van der Waals surface area contributed by atoms with Crippen LogP contribution in [0.2, 0.25) is 0 Å². The Morgan fingerprint density at radius 2 is 2.08 bits per heavy atom.